The number of carbonyl (C=O) groups is 1. The van der Waals surface area contributed by atoms with E-state index in [0.717, 1.165) is 53.7 Å². The highest BCUT2D eigenvalue weighted by Crippen LogP contribution is 2.28. The Kier molecular flexibility index (Phi) is 5.71. The highest BCUT2D eigenvalue weighted by atomic mass is 32.2. The van der Waals surface area contributed by atoms with E-state index >= 15 is 0 Å². The fourth-order valence-corrected chi connectivity index (χ4v) is 4.27. The number of aryl methyl sites for hydroxylation is 1. The number of aromatic nitrogens is 4. The van der Waals surface area contributed by atoms with E-state index in [2.05, 4.69) is 34.2 Å². The van der Waals surface area contributed by atoms with Crippen LogP contribution in [0, 0.1) is 6.92 Å². The number of hydrogen-bond acceptors (Lipinski definition) is 5. The van der Waals surface area contributed by atoms with Crippen LogP contribution < -0.4 is 0 Å². The third-order valence-corrected chi connectivity index (χ3v) is 5.78. The Morgan fingerprint density at radius 1 is 1.07 bits per heavy atom. The maximum absolute atomic E-state index is 12.6. The predicted octanol–water partition coefficient (Wildman–Crippen LogP) is 3.74. The topological polar surface area (TPSA) is 63.9 Å². The fourth-order valence-electron chi connectivity index (χ4n) is 3.41. The number of piperidine rings is 1. The number of amides is 1. The summed E-state index contributed by atoms with van der Waals surface area (Å²) in [5, 5.41) is 9.55. The van der Waals surface area contributed by atoms with E-state index in [1.807, 2.05) is 33.7 Å². The molecule has 1 amide bonds. The normalized spacial score (nSPS) is 14.2. The molecule has 1 fully saturated rings. The number of rotatable bonds is 5. The number of nitrogens with zero attached hydrogens (tertiary/aromatic N) is 5. The molecule has 0 bridgehead atoms. The van der Waals surface area contributed by atoms with Gasteiger partial charge in [0.15, 0.2) is 11.0 Å². The van der Waals surface area contributed by atoms with Crippen molar-refractivity contribution >= 4 is 17.7 Å². The van der Waals surface area contributed by atoms with Crippen LogP contribution in [0.2, 0.25) is 0 Å². The standard InChI is InChI=1S/C21H23N5OS/c1-16-6-5-7-18(14-16)26-20(17-8-10-22-11-9-17)23-24-21(26)28-15-19(27)25-12-3-2-4-13-25/h5-11,14H,2-4,12-13,15H2,1H3. The van der Waals surface area contributed by atoms with Crippen LogP contribution in [0.5, 0.6) is 0 Å². The maximum Gasteiger partial charge on any atom is 0.233 e. The summed E-state index contributed by atoms with van der Waals surface area (Å²) in [6.45, 7) is 3.80. The third-order valence-electron chi connectivity index (χ3n) is 4.87. The first kappa shape index (κ1) is 18.7. The molecule has 4 rings (SSSR count). The molecule has 1 aromatic carbocycles. The first-order chi connectivity index (χ1) is 13.7. The van der Waals surface area contributed by atoms with Gasteiger partial charge in [0.2, 0.25) is 5.91 Å². The summed E-state index contributed by atoms with van der Waals surface area (Å²) in [5.74, 6) is 1.30. The van der Waals surface area contributed by atoms with Crippen LogP contribution in [0.4, 0.5) is 0 Å². The smallest absolute Gasteiger partial charge is 0.233 e. The minimum absolute atomic E-state index is 0.175. The predicted molar refractivity (Wildman–Crippen MR) is 110 cm³/mol. The van der Waals surface area contributed by atoms with Gasteiger partial charge in [-0.15, -0.1) is 10.2 Å². The maximum atomic E-state index is 12.6. The van der Waals surface area contributed by atoms with E-state index in [4.69, 9.17) is 0 Å². The number of carbonyl (C=O) groups excluding carboxylic acids is 1. The van der Waals surface area contributed by atoms with Gasteiger partial charge in [-0.05, 0) is 56.0 Å². The van der Waals surface area contributed by atoms with Gasteiger partial charge in [-0.25, -0.2) is 0 Å². The van der Waals surface area contributed by atoms with Gasteiger partial charge in [0.25, 0.3) is 0 Å². The van der Waals surface area contributed by atoms with Gasteiger partial charge in [-0.3, -0.25) is 14.3 Å². The van der Waals surface area contributed by atoms with Crippen molar-refractivity contribution in [3.8, 4) is 17.1 Å². The SMILES string of the molecule is Cc1cccc(-n2c(SCC(=O)N3CCCCC3)nnc2-c2ccncc2)c1. The Morgan fingerprint density at radius 2 is 1.86 bits per heavy atom. The molecule has 0 spiro atoms. The first-order valence-electron chi connectivity index (χ1n) is 9.56. The number of likely N-dealkylation sites (tertiary alicyclic amines) is 1. The van der Waals surface area contributed by atoms with Crippen molar-refractivity contribution in [3.05, 3.63) is 54.4 Å². The summed E-state index contributed by atoms with van der Waals surface area (Å²) in [6.07, 6.45) is 6.91. The molecule has 6 nitrogen and oxygen atoms in total. The van der Waals surface area contributed by atoms with Gasteiger partial charge in [-0.2, -0.15) is 0 Å². The first-order valence-corrected chi connectivity index (χ1v) is 10.5. The number of thioether (sulfide) groups is 1. The molecule has 7 heteroatoms. The zero-order valence-corrected chi connectivity index (χ0v) is 16.7. The van der Waals surface area contributed by atoms with E-state index in [1.165, 1.54) is 18.2 Å². The van der Waals surface area contributed by atoms with Gasteiger partial charge in [0, 0.05) is 36.7 Å². The lowest BCUT2D eigenvalue weighted by Crippen LogP contribution is -2.36. The molecule has 1 aliphatic rings. The van der Waals surface area contributed by atoms with Gasteiger partial charge in [0.1, 0.15) is 0 Å². The van der Waals surface area contributed by atoms with Crippen LogP contribution in [0.15, 0.2) is 53.9 Å². The van der Waals surface area contributed by atoms with E-state index in [0.29, 0.717) is 5.75 Å². The third kappa shape index (κ3) is 4.09. The van der Waals surface area contributed by atoms with E-state index in [9.17, 15) is 4.79 Å². The number of hydrogen-bond donors (Lipinski definition) is 0. The Labute approximate surface area is 169 Å². The summed E-state index contributed by atoms with van der Waals surface area (Å²) < 4.78 is 2.02. The van der Waals surface area contributed by atoms with E-state index in [-0.39, 0.29) is 5.91 Å². The zero-order valence-electron chi connectivity index (χ0n) is 15.9. The summed E-state index contributed by atoms with van der Waals surface area (Å²) in [7, 11) is 0. The Hall–Kier alpha value is -2.67. The molecule has 0 atom stereocenters. The highest BCUT2D eigenvalue weighted by molar-refractivity contribution is 7.99. The quantitative estimate of drug-likeness (QED) is 0.618. The van der Waals surface area contributed by atoms with Gasteiger partial charge < -0.3 is 4.90 Å². The Bertz CT molecular complexity index is 950. The number of pyridine rings is 1. The lowest BCUT2D eigenvalue weighted by molar-refractivity contribution is -0.129. The Morgan fingerprint density at radius 3 is 2.61 bits per heavy atom. The molecule has 144 valence electrons. The monoisotopic (exact) mass is 393 g/mol. The van der Waals surface area contributed by atoms with Crippen molar-refractivity contribution in [2.75, 3.05) is 18.8 Å². The largest absolute Gasteiger partial charge is 0.342 e. The van der Waals surface area contributed by atoms with Gasteiger partial charge >= 0.3 is 0 Å². The van der Waals surface area contributed by atoms with Crippen LogP contribution in [-0.2, 0) is 4.79 Å². The molecule has 0 radical (unpaired) electrons. The molecule has 1 saturated heterocycles. The highest BCUT2D eigenvalue weighted by Gasteiger charge is 2.20. The molecule has 1 aliphatic heterocycles. The second-order valence-corrected chi connectivity index (χ2v) is 7.89. The van der Waals surface area contributed by atoms with Gasteiger partial charge in [-0.1, -0.05) is 23.9 Å². The average molecular weight is 394 g/mol. The van der Waals surface area contributed by atoms with E-state index < -0.39 is 0 Å². The van der Waals surface area contributed by atoms with Crippen molar-refractivity contribution in [2.45, 2.75) is 31.3 Å². The summed E-state index contributed by atoms with van der Waals surface area (Å²) in [5.41, 5.74) is 3.09. The molecule has 0 saturated carbocycles. The van der Waals surface area contributed by atoms with Gasteiger partial charge in [0.05, 0.1) is 5.75 Å². The molecule has 0 aliphatic carbocycles. The lowest BCUT2D eigenvalue weighted by atomic mass is 10.1. The molecule has 3 heterocycles. The van der Waals surface area contributed by atoms with Crippen LogP contribution in [0.25, 0.3) is 17.1 Å². The van der Waals surface area contributed by atoms with Crippen molar-refractivity contribution < 1.29 is 4.79 Å². The summed E-state index contributed by atoms with van der Waals surface area (Å²) in [6, 6.07) is 12.1. The van der Waals surface area contributed by atoms with Crippen LogP contribution in [0.3, 0.4) is 0 Å². The average Bonchev–Trinajstić information content (AvgIpc) is 3.17. The van der Waals surface area contributed by atoms with Crippen molar-refractivity contribution in [1.29, 1.82) is 0 Å². The summed E-state index contributed by atoms with van der Waals surface area (Å²) in [4.78, 5) is 18.6. The second kappa shape index (κ2) is 8.56. The fraction of sp³-hybridized carbons (Fsp3) is 0.333. The second-order valence-electron chi connectivity index (χ2n) is 6.95. The minimum atomic E-state index is 0.175. The molecular formula is C21H23N5OS. The molecule has 3 aromatic rings. The van der Waals surface area contributed by atoms with Crippen LogP contribution in [0.1, 0.15) is 24.8 Å². The lowest BCUT2D eigenvalue weighted by Gasteiger charge is -2.26. The molecule has 2 aromatic heterocycles. The molecule has 28 heavy (non-hydrogen) atoms. The van der Waals surface area contributed by atoms with Crippen molar-refractivity contribution in [2.24, 2.45) is 0 Å². The Balaban J connectivity index is 1.63. The molecule has 0 unspecified atom stereocenters. The number of benzene rings is 1. The van der Waals surface area contributed by atoms with E-state index in [1.54, 1.807) is 12.4 Å². The van der Waals surface area contributed by atoms with Crippen LogP contribution >= 0.6 is 11.8 Å². The zero-order chi connectivity index (χ0) is 19.3. The molecule has 0 N–H and O–H groups in total. The van der Waals surface area contributed by atoms with Crippen LogP contribution in [-0.4, -0.2) is 49.4 Å². The summed E-state index contributed by atoms with van der Waals surface area (Å²) >= 11 is 1.45. The minimum Gasteiger partial charge on any atom is -0.342 e. The van der Waals surface area contributed by atoms with Crippen molar-refractivity contribution in [3.63, 3.8) is 0 Å². The molecular weight excluding hydrogens is 370 g/mol. The van der Waals surface area contributed by atoms with Crippen molar-refractivity contribution in [1.82, 2.24) is 24.6 Å².